The van der Waals surface area contributed by atoms with Crippen LogP contribution in [-0.2, 0) is 10.0 Å². The summed E-state index contributed by atoms with van der Waals surface area (Å²) < 4.78 is 27.8. The minimum Gasteiger partial charge on any atom is -0.322 e. The molecular formula is C25H18Cl2N2O3S. The first-order valence-corrected chi connectivity index (χ1v) is 12.1. The predicted molar refractivity (Wildman–Crippen MR) is 134 cm³/mol. The van der Waals surface area contributed by atoms with Gasteiger partial charge in [-0.25, -0.2) is 8.42 Å². The topological polar surface area (TPSA) is 75.3 Å². The summed E-state index contributed by atoms with van der Waals surface area (Å²) in [5.74, 6) is -0.297. The molecule has 0 atom stereocenters. The molecule has 0 bridgehead atoms. The highest BCUT2D eigenvalue weighted by molar-refractivity contribution is 7.92. The highest BCUT2D eigenvalue weighted by Gasteiger charge is 2.17. The molecule has 2 N–H and O–H groups in total. The molecular weight excluding hydrogens is 479 g/mol. The number of nitrogens with one attached hydrogen (secondary N) is 2. The zero-order chi connectivity index (χ0) is 23.4. The number of carbonyl (C=O) groups excluding carboxylic acids is 1. The van der Waals surface area contributed by atoms with Gasteiger partial charge in [0.25, 0.3) is 15.9 Å². The van der Waals surface area contributed by atoms with Crippen LogP contribution in [0, 0.1) is 0 Å². The van der Waals surface area contributed by atoms with Gasteiger partial charge in [0.1, 0.15) is 0 Å². The zero-order valence-electron chi connectivity index (χ0n) is 17.1. The first-order valence-electron chi connectivity index (χ1n) is 9.87. The molecule has 0 aromatic heterocycles. The molecule has 166 valence electrons. The summed E-state index contributed by atoms with van der Waals surface area (Å²) in [7, 11) is -3.89. The first-order chi connectivity index (χ1) is 15.8. The Bertz CT molecular complexity index is 1390. The molecule has 4 rings (SSSR count). The van der Waals surface area contributed by atoms with Crippen molar-refractivity contribution in [3.8, 4) is 11.1 Å². The Labute approximate surface area is 202 Å². The first kappa shape index (κ1) is 22.9. The molecule has 33 heavy (non-hydrogen) atoms. The lowest BCUT2D eigenvalue weighted by atomic mass is 10.0. The molecule has 4 aromatic rings. The molecule has 1 amide bonds. The summed E-state index contributed by atoms with van der Waals surface area (Å²) in [6, 6.07) is 27.6. The van der Waals surface area contributed by atoms with Crippen molar-refractivity contribution < 1.29 is 13.2 Å². The van der Waals surface area contributed by atoms with Gasteiger partial charge in [-0.15, -0.1) is 0 Å². The molecule has 0 fully saturated rings. The molecule has 0 aliphatic heterocycles. The summed E-state index contributed by atoms with van der Waals surface area (Å²) in [5, 5.41) is 3.13. The monoisotopic (exact) mass is 496 g/mol. The van der Waals surface area contributed by atoms with E-state index in [-0.39, 0.29) is 26.5 Å². The molecule has 5 nitrogen and oxygen atoms in total. The van der Waals surface area contributed by atoms with E-state index in [1.165, 1.54) is 30.3 Å². The molecule has 8 heteroatoms. The molecule has 0 saturated heterocycles. The van der Waals surface area contributed by atoms with Gasteiger partial charge in [0.15, 0.2) is 0 Å². The van der Waals surface area contributed by atoms with Gasteiger partial charge in [0.05, 0.1) is 20.6 Å². The van der Waals surface area contributed by atoms with E-state index >= 15 is 0 Å². The van der Waals surface area contributed by atoms with E-state index in [1.807, 2.05) is 42.5 Å². The predicted octanol–water partition coefficient (Wildman–Crippen LogP) is 6.71. The maximum atomic E-state index is 12.7. The molecule has 0 radical (unpaired) electrons. The van der Waals surface area contributed by atoms with Gasteiger partial charge in [0.2, 0.25) is 0 Å². The van der Waals surface area contributed by atoms with Crippen LogP contribution in [0.25, 0.3) is 11.1 Å². The Morgan fingerprint density at radius 1 is 0.697 bits per heavy atom. The van der Waals surface area contributed by atoms with Gasteiger partial charge in [-0.3, -0.25) is 9.52 Å². The average molecular weight is 497 g/mol. The van der Waals surface area contributed by atoms with Crippen LogP contribution in [0.2, 0.25) is 10.0 Å². The molecule has 4 aromatic carbocycles. The van der Waals surface area contributed by atoms with Crippen molar-refractivity contribution in [3.05, 3.63) is 113 Å². The summed E-state index contributed by atoms with van der Waals surface area (Å²) in [4.78, 5) is 12.6. The van der Waals surface area contributed by atoms with Crippen LogP contribution >= 0.6 is 23.2 Å². The van der Waals surface area contributed by atoms with Crippen molar-refractivity contribution >= 4 is 50.5 Å². The lowest BCUT2D eigenvalue weighted by Crippen LogP contribution is -2.14. The lowest BCUT2D eigenvalue weighted by molar-refractivity contribution is 0.102. The summed E-state index contributed by atoms with van der Waals surface area (Å²) in [6.07, 6.45) is 0. The maximum Gasteiger partial charge on any atom is 0.261 e. The van der Waals surface area contributed by atoms with Gasteiger partial charge in [-0.2, -0.15) is 0 Å². The minimum atomic E-state index is -3.89. The van der Waals surface area contributed by atoms with Crippen molar-refractivity contribution in [1.29, 1.82) is 0 Å². The number of sulfonamides is 1. The van der Waals surface area contributed by atoms with Gasteiger partial charge in [0, 0.05) is 11.3 Å². The third-order valence-electron chi connectivity index (χ3n) is 4.87. The highest BCUT2D eigenvalue weighted by atomic mass is 35.5. The van der Waals surface area contributed by atoms with Gasteiger partial charge in [-0.05, 0) is 59.7 Å². The van der Waals surface area contributed by atoms with Crippen molar-refractivity contribution in [2.24, 2.45) is 0 Å². The van der Waals surface area contributed by atoms with Crippen LogP contribution in [0.5, 0.6) is 0 Å². The van der Waals surface area contributed by atoms with E-state index in [2.05, 4.69) is 10.0 Å². The Kier molecular flexibility index (Phi) is 6.70. The fourth-order valence-corrected chi connectivity index (χ4v) is 4.63. The number of hydrogen-bond donors (Lipinski definition) is 2. The molecule has 0 spiro atoms. The average Bonchev–Trinajstić information content (AvgIpc) is 2.83. The molecule has 0 aliphatic carbocycles. The molecule has 0 unspecified atom stereocenters. The number of benzene rings is 4. The number of carbonyl (C=O) groups is 1. The summed E-state index contributed by atoms with van der Waals surface area (Å²) in [5.41, 5.74) is 3.21. The highest BCUT2D eigenvalue weighted by Crippen LogP contribution is 2.31. The Morgan fingerprint density at radius 2 is 1.33 bits per heavy atom. The maximum absolute atomic E-state index is 12.7. The van der Waals surface area contributed by atoms with Crippen LogP contribution in [0.4, 0.5) is 11.4 Å². The van der Waals surface area contributed by atoms with E-state index in [4.69, 9.17) is 23.2 Å². The van der Waals surface area contributed by atoms with E-state index in [0.717, 1.165) is 11.1 Å². The normalized spacial score (nSPS) is 11.1. The van der Waals surface area contributed by atoms with Crippen LogP contribution in [0.3, 0.4) is 0 Å². The van der Waals surface area contributed by atoms with Crippen LogP contribution in [0.15, 0.2) is 102 Å². The summed E-state index contributed by atoms with van der Waals surface area (Å²) >= 11 is 12.0. The second-order valence-corrected chi connectivity index (χ2v) is 9.60. The second kappa shape index (κ2) is 9.67. The van der Waals surface area contributed by atoms with E-state index < -0.39 is 10.0 Å². The quantitative estimate of drug-likeness (QED) is 0.311. The van der Waals surface area contributed by atoms with Crippen molar-refractivity contribution in [2.75, 3.05) is 10.0 Å². The number of amides is 1. The number of halogens is 2. The standard InChI is InChI=1S/C25H18Cl2N2O3S/c26-22-7-4-8-23(24(22)27)29-33(31,32)21-15-13-20(14-16-21)28-25(30)19-11-9-18(10-12-19)17-5-2-1-3-6-17/h1-16,29H,(H,28,30). The fraction of sp³-hybridized carbons (Fsp3) is 0. The zero-order valence-corrected chi connectivity index (χ0v) is 19.5. The fourth-order valence-electron chi connectivity index (χ4n) is 3.15. The SMILES string of the molecule is O=C(Nc1ccc(S(=O)(=O)Nc2cccc(Cl)c2Cl)cc1)c1ccc(-c2ccccc2)cc1. The lowest BCUT2D eigenvalue weighted by Gasteiger charge is -2.11. The van der Waals surface area contributed by atoms with Crippen molar-refractivity contribution in [1.82, 2.24) is 0 Å². The van der Waals surface area contributed by atoms with Crippen molar-refractivity contribution in [3.63, 3.8) is 0 Å². The van der Waals surface area contributed by atoms with Gasteiger partial charge in [-0.1, -0.05) is 71.7 Å². The van der Waals surface area contributed by atoms with E-state index in [9.17, 15) is 13.2 Å². The smallest absolute Gasteiger partial charge is 0.261 e. The third-order valence-corrected chi connectivity index (χ3v) is 7.07. The van der Waals surface area contributed by atoms with E-state index in [0.29, 0.717) is 11.3 Å². The molecule has 0 heterocycles. The van der Waals surface area contributed by atoms with Gasteiger partial charge >= 0.3 is 0 Å². The number of rotatable bonds is 6. The minimum absolute atomic E-state index is 0.0174. The Hall–Kier alpha value is -3.32. The van der Waals surface area contributed by atoms with E-state index in [1.54, 1.807) is 24.3 Å². The summed E-state index contributed by atoms with van der Waals surface area (Å²) in [6.45, 7) is 0. The van der Waals surface area contributed by atoms with Crippen LogP contribution in [-0.4, -0.2) is 14.3 Å². The largest absolute Gasteiger partial charge is 0.322 e. The molecule has 0 saturated carbocycles. The Morgan fingerprint density at radius 3 is 2.00 bits per heavy atom. The van der Waals surface area contributed by atoms with Crippen molar-refractivity contribution in [2.45, 2.75) is 4.90 Å². The van der Waals surface area contributed by atoms with Gasteiger partial charge < -0.3 is 5.32 Å². The molecule has 0 aliphatic rings. The van der Waals surface area contributed by atoms with Crippen LogP contribution in [0.1, 0.15) is 10.4 Å². The van der Waals surface area contributed by atoms with Crippen LogP contribution < -0.4 is 10.0 Å². The second-order valence-electron chi connectivity index (χ2n) is 7.13. The number of anilines is 2. The number of hydrogen-bond acceptors (Lipinski definition) is 3. The Balaban J connectivity index is 1.45. The third kappa shape index (κ3) is 5.37.